The van der Waals surface area contributed by atoms with Crippen LogP contribution in [0.15, 0.2) is 29.8 Å². The fourth-order valence-electron chi connectivity index (χ4n) is 3.03. The number of carbonyl (C=O) groups excluding carboxylic acids is 1. The molecule has 1 aromatic carbocycles. The minimum Gasteiger partial charge on any atom is -0.486 e. The van der Waals surface area contributed by atoms with Gasteiger partial charge in [0, 0.05) is 26.2 Å². The highest BCUT2D eigenvalue weighted by atomic mass is 16.6. The Labute approximate surface area is 160 Å². The van der Waals surface area contributed by atoms with E-state index in [1.54, 1.807) is 0 Å². The molecule has 2 aliphatic rings. The largest absolute Gasteiger partial charge is 0.486 e. The van der Waals surface area contributed by atoms with E-state index in [-0.39, 0.29) is 0 Å². The van der Waals surface area contributed by atoms with Gasteiger partial charge in [-0.15, -0.1) is 0 Å². The number of rotatable bonds is 5. The topological polar surface area (TPSA) is 72.1 Å². The van der Waals surface area contributed by atoms with Gasteiger partial charge >= 0.3 is 6.09 Å². The van der Waals surface area contributed by atoms with Gasteiger partial charge in [-0.3, -0.25) is 5.43 Å². The average molecular weight is 375 g/mol. The monoisotopic (exact) mass is 375 g/mol. The Morgan fingerprint density at radius 1 is 1.19 bits per heavy atom. The number of nitrogens with one attached hydrogen (secondary N) is 2. The molecule has 1 aromatic rings. The minimum absolute atomic E-state index is 0.409. The maximum absolute atomic E-state index is 11.9. The molecule has 27 heavy (non-hydrogen) atoms. The number of hydrogen-bond donors (Lipinski definition) is 2. The zero-order valence-electron chi connectivity index (χ0n) is 16.3. The van der Waals surface area contributed by atoms with E-state index in [1.807, 2.05) is 44.0 Å². The Morgan fingerprint density at radius 3 is 2.74 bits per heavy atom. The Kier molecular flexibility index (Phi) is 6.23. The van der Waals surface area contributed by atoms with Gasteiger partial charge in [-0.2, -0.15) is 0 Å². The Hall–Kier alpha value is -2.25. The van der Waals surface area contributed by atoms with E-state index in [4.69, 9.17) is 14.2 Å². The highest BCUT2D eigenvalue weighted by molar-refractivity contribution is 5.67. The molecule has 148 valence electrons. The third kappa shape index (κ3) is 6.15. The standard InChI is InChI=1S/C20H29N3O4/c1-20(2,3)27-19(24)22-23-8-4-5-16(14-23)13-21-12-15-6-7-17-18(11-15)26-10-9-25-17/h5-7,11,21H,4,8-10,12-14H2,1-3H3,(H,22,24). The van der Waals surface area contributed by atoms with Gasteiger partial charge in [0.2, 0.25) is 0 Å². The summed E-state index contributed by atoms with van der Waals surface area (Å²) in [5.74, 6) is 1.62. The van der Waals surface area contributed by atoms with Crippen LogP contribution >= 0.6 is 0 Å². The summed E-state index contributed by atoms with van der Waals surface area (Å²) in [6.45, 7) is 9.75. The molecule has 0 radical (unpaired) electrons. The summed E-state index contributed by atoms with van der Waals surface area (Å²) >= 11 is 0. The van der Waals surface area contributed by atoms with E-state index in [1.165, 1.54) is 5.57 Å². The number of hydrazine groups is 1. The summed E-state index contributed by atoms with van der Waals surface area (Å²) in [6.07, 6.45) is 2.72. The van der Waals surface area contributed by atoms with E-state index in [0.29, 0.717) is 19.8 Å². The maximum Gasteiger partial charge on any atom is 0.422 e. The van der Waals surface area contributed by atoms with Crippen LogP contribution in [0.5, 0.6) is 11.5 Å². The van der Waals surface area contributed by atoms with Crippen LogP contribution in [0.1, 0.15) is 32.8 Å². The summed E-state index contributed by atoms with van der Waals surface area (Å²) in [4.78, 5) is 11.9. The Balaban J connectivity index is 1.43. The zero-order chi connectivity index (χ0) is 19.3. The van der Waals surface area contributed by atoms with Crippen LogP contribution in [0.3, 0.4) is 0 Å². The van der Waals surface area contributed by atoms with Crippen LogP contribution < -0.4 is 20.2 Å². The molecular weight excluding hydrogens is 346 g/mol. The highest BCUT2D eigenvalue weighted by Gasteiger charge is 2.20. The molecule has 0 aliphatic carbocycles. The summed E-state index contributed by atoms with van der Waals surface area (Å²) in [5, 5.41) is 5.35. The predicted molar refractivity (Wildman–Crippen MR) is 103 cm³/mol. The predicted octanol–water partition coefficient (Wildman–Crippen LogP) is 2.62. The van der Waals surface area contributed by atoms with Gasteiger partial charge in [-0.1, -0.05) is 12.1 Å². The number of fused-ring (bicyclic) bond motifs is 1. The van der Waals surface area contributed by atoms with Crippen molar-refractivity contribution in [3.63, 3.8) is 0 Å². The van der Waals surface area contributed by atoms with Crippen molar-refractivity contribution in [3.05, 3.63) is 35.4 Å². The van der Waals surface area contributed by atoms with Crippen LogP contribution in [0.2, 0.25) is 0 Å². The molecule has 1 amide bonds. The molecule has 7 nitrogen and oxygen atoms in total. The molecule has 0 spiro atoms. The number of ether oxygens (including phenoxy) is 3. The summed E-state index contributed by atoms with van der Waals surface area (Å²) in [6, 6.07) is 6.02. The molecular formula is C20H29N3O4. The van der Waals surface area contributed by atoms with Crippen molar-refractivity contribution in [1.82, 2.24) is 15.8 Å². The van der Waals surface area contributed by atoms with Gasteiger partial charge in [0.05, 0.1) is 0 Å². The molecule has 0 saturated heterocycles. The number of carbonyl (C=O) groups is 1. The van der Waals surface area contributed by atoms with E-state index in [0.717, 1.165) is 43.1 Å². The maximum atomic E-state index is 11.9. The Bertz CT molecular complexity index is 697. The van der Waals surface area contributed by atoms with Crippen LogP contribution in [-0.4, -0.2) is 49.6 Å². The van der Waals surface area contributed by atoms with Gasteiger partial charge in [0.25, 0.3) is 0 Å². The van der Waals surface area contributed by atoms with Crippen LogP contribution in [0.25, 0.3) is 0 Å². The average Bonchev–Trinajstić information content (AvgIpc) is 2.60. The fraction of sp³-hybridized carbons (Fsp3) is 0.550. The van der Waals surface area contributed by atoms with Gasteiger partial charge in [-0.25, -0.2) is 9.80 Å². The second-order valence-corrected chi connectivity index (χ2v) is 7.77. The van der Waals surface area contributed by atoms with E-state index in [2.05, 4.69) is 16.8 Å². The van der Waals surface area contributed by atoms with E-state index in [9.17, 15) is 4.79 Å². The normalized spacial score (nSPS) is 17.2. The van der Waals surface area contributed by atoms with E-state index >= 15 is 0 Å². The molecule has 0 unspecified atom stereocenters. The number of benzene rings is 1. The minimum atomic E-state index is -0.496. The van der Waals surface area contributed by atoms with Crippen molar-refractivity contribution in [2.45, 2.75) is 39.3 Å². The first-order valence-corrected chi connectivity index (χ1v) is 9.41. The SMILES string of the molecule is CC(C)(C)OC(=O)NN1CCC=C(CNCc2ccc3c(c2)OCCO3)C1. The summed E-state index contributed by atoms with van der Waals surface area (Å²) < 4.78 is 16.5. The summed E-state index contributed by atoms with van der Waals surface area (Å²) in [7, 11) is 0. The number of hydrogen-bond acceptors (Lipinski definition) is 6. The van der Waals surface area contributed by atoms with Crippen molar-refractivity contribution in [3.8, 4) is 11.5 Å². The lowest BCUT2D eigenvalue weighted by molar-refractivity contribution is 0.0339. The van der Waals surface area contributed by atoms with Crippen LogP contribution in [0, 0.1) is 0 Å². The lowest BCUT2D eigenvalue weighted by atomic mass is 10.1. The number of nitrogens with zero attached hydrogens (tertiary/aromatic N) is 1. The molecule has 2 N–H and O–H groups in total. The third-order valence-electron chi connectivity index (χ3n) is 4.16. The van der Waals surface area contributed by atoms with Crippen molar-refractivity contribution >= 4 is 6.09 Å². The highest BCUT2D eigenvalue weighted by Crippen LogP contribution is 2.30. The molecule has 0 fully saturated rings. The van der Waals surface area contributed by atoms with Gasteiger partial charge in [0.1, 0.15) is 18.8 Å². The summed E-state index contributed by atoms with van der Waals surface area (Å²) in [5.41, 5.74) is 4.72. The molecule has 7 heteroatoms. The van der Waals surface area contributed by atoms with Crippen molar-refractivity contribution in [2.75, 3.05) is 32.8 Å². The molecule has 3 rings (SSSR count). The van der Waals surface area contributed by atoms with Crippen molar-refractivity contribution in [1.29, 1.82) is 0 Å². The first-order chi connectivity index (χ1) is 12.9. The zero-order valence-corrected chi connectivity index (χ0v) is 16.3. The van der Waals surface area contributed by atoms with Gasteiger partial charge < -0.3 is 19.5 Å². The first kappa shape index (κ1) is 19.5. The van der Waals surface area contributed by atoms with E-state index < -0.39 is 11.7 Å². The van der Waals surface area contributed by atoms with Crippen LogP contribution in [-0.2, 0) is 11.3 Å². The lowest BCUT2D eigenvalue weighted by Crippen LogP contribution is -2.47. The third-order valence-corrected chi connectivity index (χ3v) is 4.16. The molecule has 0 aromatic heterocycles. The smallest absolute Gasteiger partial charge is 0.422 e. The Morgan fingerprint density at radius 2 is 1.96 bits per heavy atom. The molecule has 0 atom stereocenters. The first-order valence-electron chi connectivity index (χ1n) is 9.41. The van der Waals surface area contributed by atoms with Gasteiger partial charge in [0.15, 0.2) is 11.5 Å². The molecule has 0 bridgehead atoms. The van der Waals surface area contributed by atoms with Crippen molar-refractivity contribution < 1.29 is 19.0 Å². The quantitative estimate of drug-likeness (QED) is 0.771. The second-order valence-electron chi connectivity index (χ2n) is 7.77. The van der Waals surface area contributed by atoms with Gasteiger partial charge in [-0.05, 0) is 50.5 Å². The fourth-order valence-corrected chi connectivity index (χ4v) is 3.03. The molecule has 2 heterocycles. The number of amides is 1. The molecule has 0 saturated carbocycles. The molecule has 2 aliphatic heterocycles. The van der Waals surface area contributed by atoms with Crippen LogP contribution in [0.4, 0.5) is 4.79 Å². The lowest BCUT2D eigenvalue weighted by Gasteiger charge is -2.29. The van der Waals surface area contributed by atoms with Crippen molar-refractivity contribution in [2.24, 2.45) is 0 Å². The second kappa shape index (κ2) is 8.63.